The number of pyridine rings is 1. The molecule has 2 aliphatic rings. The van der Waals surface area contributed by atoms with Gasteiger partial charge in [0.1, 0.15) is 24.2 Å². The normalized spacial score (nSPS) is 15.9. The van der Waals surface area contributed by atoms with Crippen molar-refractivity contribution >= 4 is 63.9 Å². The van der Waals surface area contributed by atoms with Gasteiger partial charge in [0, 0.05) is 70.8 Å². The van der Waals surface area contributed by atoms with Crippen LogP contribution in [-0.2, 0) is 26.2 Å². The first-order valence-electron chi connectivity index (χ1n) is 27.4. The van der Waals surface area contributed by atoms with Crippen LogP contribution >= 0.6 is 11.3 Å². The minimum atomic E-state index is -0.888. The highest BCUT2D eigenvalue weighted by Crippen LogP contribution is 2.38. The van der Waals surface area contributed by atoms with E-state index in [1.807, 2.05) is 93.6 Å². The number of amides is 5. The molecule has 6 N–H and O–H groups in total. The third-order valence-electron chi connectivity index (χ3n) is 14.3. The molecule has 0 radical (unpaired) electrons. The summed E-state index contributed by atoms with van der Waals surface area (Å²) < 4.78 is 7.35. The number of carbonyl (C=O) groups excluding carboxylic acids is 5. The number of unbranched alkanes of at least 4 members (excludes halogenated alkanes) is 5. The maximum absolute atomic E-state index is 14.1. The van der Waals surface area contributed by atoms with Gasteiger partial charge >= 0.3 is 0 Å². The molecule has 22 heteroatoms. The Labute approximate surface area is 476 Å². The SMILES string of the molecule is CNC(=O)c1nnc(Nc2ccc(C#CC3CN(C(=O)CCCCCCCCC(=O)N[C@H](C(=O)N4C[C@H](O)C[C@H]4C(=O)N[C@@H](C)c4ccc(-c5scnc5C)cc4)C(C)(C)C)C3)cn2)cc1Nc1cccc(-c2ncn(C)n2)c1OC. The maximum Gasteiger partial charge on any atom is 0.273 e. The van der Waals surface area contributed by atoms with Gasteiger partial charge in [-0.05, 0) is 67.5 Å². The number of nitrogens with zero attached hydrogens (tertiary/aromatic N) is 9. The van der Waals surface area contributed by atoms with E-state index in [1.165, 1.54) is 11.9 Å². The molecule has 0 bridgehead atoms. The number of likely N-dealkylation sites (tertiary alicyclic amines) is 2. The number of β-amino-alcohol motifs (C(OH)–C–C–N with tert-alkyl or cyclic N) is 1. The number of nitrogens with one attached hydrogen (secondary N) is 5. The molecule has 6 aromatic rings. The molecule has 0 unspecified atom stereocenters. The lowest BCUT2D eigenvalue weighted by Crippen LogP contribution is -2.57. The molecule has 0 aliphatic carbocycles. The Balaban J connectivity index is 0.718. The van der Waals surface area contributed by atoms with Gasteiger partial charge < -0.3 is 46.2 Å². The number of aliphatic hydroxyl groups is 1. The first-order chi connectivity index (χ1) is 38.9. The maximum atomic E-state index is 14.1. The van der Waals surface area contributed by atoms with E-state index >= 15 is 0 Å². The van der Waals surface area contributed by atoms with E-state index in [0.29, 0.717) is 66.1 Å². The molecule has 81 heavy (non-hydrogen) atoms. The molecule has 6 heterocycles. The van der Waals surface area contributed by atoms with Gasteiger partial charge in [0.2, 0.25) is 23.6 Å². The van der Waals surface area contributed by atoms with Crippen LogP contribution in [0.5, 0.6) is 5.75 Å². The van der Waals surface area contributed by atoms with E-state index in [1.54, 1.807) is 54.8 Å². The average molecular weight is 1120 g/mol. The Kier molecular flexibility index (Phi) is 19.5. The van der Waals surface area contributed by atoms with Crippen LogP contribution in [0.3, 0.4) is 0 Å². The summed E-state index contributed by atoms with van der Waals surface area (Å²) in [4.78, 5) is 84.4. The number of methoxy groups -OCH3 is 1. The molecule has 2 aromatic carbocycles. The Bertz CT molecular complexity index is 3250. The van der Waals surface area contributed by atoms with Gasteiger partial charge in [-0.1, -0.05) is 88.6 Å². The molecule has 0 spiro atoms. The molecule has 0 saturated carbocycles. The van der Waals surface area contributed by atoms with Crippen molar-refractivity contribution in [1.29, 1.82) is 0 Å². The fraction of sp³-hybridized carbons (Fsp3) is 0.441. The lowest BCUT2D eigenvalue weighted by atomic mass is 9.85. The number of hydrogen-bond acceptors (Lipinski definition) is 16. The molecule has 5 amide bonds. The molecule has 2 aliphatic heterocycles. The van der Waals surface area contributed by atoms with Crippen molar-refractivity contribution < 1.29 is 33.8 Å². The highest BCUT2D eigenvalue weighted by Gasteiger charge is 2.45. The van der Waals surface area contributed by atoms with E-state index in [9.17, 15) is 29.1 Å². The van der Waals surface area contributed by atoms with Crippen LogP contribution in [0.25, 0.3) is 21.8 Å². The predicted molar refractivity (Wildman–Crippen MR) is 309 cm³/mol. The van der Waals surface area contributed by atoms with Crippen molar-refractivity contribution in [2.75, 3.05) is 44.4 Å². The number of ether oxygens (including phenoxy) is 1. The summed E-state index contributed by atoms with van der Waals surface area (Å²) in [6, 6.07) is 16.6. The molecule has 2 saturated heterocycles. The number of thiazole rings is 1. The van der Waals surface area contributed by atoms with Crippen LogP contribution in [0.4, 0.5) is 23.0 Å². The standard InChI is InChI=1S/C59H72N14O7S/c1-36(40-23-25-41(26-24-40)53-37(2)63-35-81-53)64-56(77)46-28-42(74)33-73(46)58(79)54(59(3,4)5)67-49(75)18-13-11-9-10-12-14-19-50(76)72-31-39(32-72)21-20-38-22-27-47(61-30-38)66-48-29-45(51(69-68-48)57(78)60-6)65-44-17-15-16-43(52(44)80-8)55-62-34-71(7)70-55/h15-17,22-27,29-30,34-36,39,42,46,54,74H,9-14,18-19,28,31-33H2,1-8H3,(H,60,78)(H,64,77)(H,67,75)(H2,61,65,66,68)/t36-,42+,46-,54+/m0/s1. The number of benzene rings is 2. The summed E-state index contributed by atoms with van der Waals surface area (Å²) in [5.74, 6) is 7.02. The second kappa shape index (κ2) is 26.8. The number of aromatic nitrogens is 7. The number of rotatable bonds is 22. The molecule has 426 valence electrons. The fourth-order valence-electron chi connectivity index (χ4n) is 9.78. The first-order valence-corrected chi connectivity index (χ1v) is 28.3. The minimum Gasteiger partial charge on any atom is -0.494 e. The summed E-state index contributed by atoms with van der Waals surface area (Å²) >= 11 is 1.58. The summed E-state index contributed by atoms with van der Waals surface area (Å²) in [7, 11) is 4.84. The van der Waals surface area contributed by atoms with Gasteiger partial charge in [-0.15, -0.1) is 21.5 Å². The van der Waals surface area contributed by atoms with Crippen LogP contribution in [-0.4, -0.2) is 131 Å². The second-order valence-corrected chi connectivity index (χ2v) is 22.5. The van der Waals surface area contributed by atoms with Crippen LogP contribution in [0.2, 0.25) is 0 Å². The fourth-order valence-corrected chi connectivity index (χ4v) is 10.6. The van der Waals surface area contributed by atoms with Crippen molar-refractivity contribution in [3.63, 3.8) is 0 Å². The molecular formula is C59H72N14O7S. The van der Waals surface area contributed by atoms with E-state index < -0.39 is 29.5 Å². The summed E-state index contributed by atoms with van der Waals surface area (Å²) in [6.07, 6.45) is 8.28. The Morgan fingerprint density at radius 2 is 1.60 bits per heavy atom. The number of aryl methyl sites for hydroxylation is 2. The lowest BCUT2D eigenvalue weighted by molar-refractivity contribution is -0.144. The van der Waals surface area contributed by atoms with Gasteiger partial charge in [-0.25, -0.2) is 15.0 Å². The zero-order chi connectivity index (χ0) is 57.8. The summed E-state index contributed by atoms with van der Waals surface area (Å²) in [5.41, 5.74) is 6.47. The van der Waals surface area contributed by atoms with Gasteiger partial charge in [-0.3, -0.25) is 28.7 Å². The number of anilines is 4. The highest BCUT2D eigenvalue weighted by molar-refractivity contribution is 7.13. The van der Waals surface area contributed by atoms with Crippen LogP contribution < -0.4 is 31.3 Å². The number of hydrogen-bond donors (Lipinski definition) is 6. The Morgan fingerprint density at radius 1 is 0.864 bits per heavy atom. The monoisotopic (exact) mass is 1120 g/mol. The zero-order valence-electron chi connectivity index (χ0n) is 47.2. The third-order valence-corrected chi connectivity index (χ3v) is 15.3. The highest BCUT2D eigenvalue weighted by atomic mass is 32.1. The largest absolute Gasteiger partial charge is 0.494 e. The van der Waals surface area contributed by atoms with E-state index in [4.69, 9.17) is 4.74 Å². The molecule has 21 nitrogen and oxygen atoms in total. The third kappa shape index (κ3) is 15.1. The summed E-state index contributed by atoms with van der Waals surface area (Å²) in [5, 5.41) is 38.5. The number of aliphatic hydroxyl groups excluding tert-OH is 1. The van der Waals surface area contributed by atoms with Crippen molar-refractivity contribution in [2.24, 2.45) is 18.4 Å². The molecule has 4 aromatic heterocycles. The smallest absolute Gasteiger partial charge is 0.273 e. The zero-order valence-corrected chi connectivity index (χ0v) is 48.0. The van der Waals surface area contributed by atoms with Crippen molar-refractivity contribution in [3.05, 3.63) is 101 Å². The van der Waals surface area contributed by atoms with Crippen molar-refractivity contribution in [1.82, 2.24) is 60.7 Å². The number of carbonyl (C=O) groups is 5. The topological polar surface area (TPSA) is 264 Å². The van der Waals surface area contributed by atoms with Crippen molar-refractivity contribution in [2.45, 2.75) is 117 Å². The molecule has 8 rings (SSSR count). The molecule has 4 atom stereocenters. The van der Waals surface area contributed by atoms with Gasteiger partial charge in [0.25, 0.3) is 5.91 Å². The average Bonchev–Trinajstić information content (AvgIpc) is 4.40. The summed E-state index contributed by atoms with van der Waals surface area (Å²) in [6.45, 7) is 10.7. The molecule has 2 fully saturated rings. The quantitative estimate of drug-likeness (QED) is 0.0289. The van der Waals surface area contributed by atoms with Crippen LogP contribution in [0, 0.1) is 30.1 Å². The van der Waals surface area contributed by atoms with Gasteiger partial charge in [0.15, 0.2) is 23.1 Å². The predicted octanol–water partition coefficient (Wildman–Crippen LogP) is 7.26. The van der Waals surface area contributed by atoms with E-state index in [2.05, 4.69) is 68.7 Å². The van der Waals surface area contributed by atoms with Gasteiger partial charge in [0.05, 0.1) is 58.2 Å². The second-order valence-electron chi connectivity index (χ2n) is 21.6. The lowest BCUT2D eigenvalue weighted by Gasteiger charge is -2.36. The number of para-hydroxylation sites is 1. The van der Waals surface area contributed by atoms with Gasteiger partial charge in [-0.2, -0.15) is 5.10 Å². The molecular weight excluding hydrogens is 1050 g/mol. The van der Waals surface area contributed by atoms with Crippen LogP contribution in [0.15, 0.2) is 78.7 Å². The minimum absolute atomic E-state index is 0.00678. The van der Waals surface area contributed by atoms with E-state index in [0.717, 1.165) is 59.4 Å². The van der Waals surface area contributed by atoms with Crippen molar-refractivity contribution in [3.8, 4) is 39.4 Å². The van der Waals surface area contributed by atoms with Crippen LogP contribution in [0.1, 0.15) is 119 Å². The Hall–Kier alpha value is -8.29. The first kappa shape index (κ1) is 58.8. The van der Waals surface area contributed by atoms with E-state index in [-0.39, 0.29) is 60.7 Å². The Morgan fingerprint density at radius 3 is 2.26 bits per heavy atom.